The highest BCUT2D eigenvalue weighted by Crippen LogP contribution is 2.31. The lowest BCUT2D eigenvalue weighted by atomic mass is 10.3. The normalized spacial score (nSPS) is 14.4. The maximum atomic E-state index is 12.8. The topological polar surface area (TPSA) is 97.2 Å². The molecule has 158 valence electrons. The Kier molecular flexibility index (Phi) is 5.72. The standard InChI is InChI=1S/C20H23N5O3S2/c1-14-18(20(26)25-8-3-4-9-25)29-19(23-14)17-10-16(13-24(17)2)30(27,28)22-12-15-6-5-7-21-11-15/h5-7,10-11,13,22H,3-4,8-9,12H2,1-2H3. The lowest BCUT2D eigenvalue weighted by molar-refractivity contribution is 0.0796. The van der Waals surface area contributed by atoms with Crippen LogP contribution in [0.25, 0.3) is 10.7 Å². The summed E-state index contributed by atoms with van der Waals surface area (Å²) < 4.78 is 29.8. The van der Waals surface area contributed by atoms with Gasteiger partial charge in [-0.05, 0) is 37.5 Å². The molecule has 0 spiro atoms. The number of nitrogens with one attached hydrogen (secondary N) is 1. The van der Waals surface area contributed by atoms with E-state index in [1.807, 2.05) is 17.9 Å². The Morgan fingerprint density at radius 2 is 2.07 bits per heavy atom. The van der Waals surface area contributed by atoms with Crippen molar-refractivity contribution in [1.82, 2.24) is 24.2 Å². The molecule has 0 aliphatic carbocycles. The summed E-state index contributed by atoms with van der Waals surface area (Å²) in [6, 6.07) is 5.16. The van der Waals surface area contributed by atoms with Crippen molar-refractivity contribution in [2.75, 3.05) is 13.1 Å². The van der Waals surface area contributed by atoms with E-state index in [-0.39, 0.29) is 17.3 Å². The summed E-state index contributed by atoms with van der Waals surface area (Å²) in [5.74, 6) is 0.00828. The van der Waals surface area contributed by atoms with Gasteiger partial charge in [-0.25, -0.2) is 18.1 Å². The SMILES string of the molecule is Cc1nc(-c2cc(S(=O)(=O)NCc3cccnc3)cn2C)sc1C(=O)N1CCCC1. The lowest BCUT2D eigenvalue weighted by Gasteiger charge is -2.13. The molecule has 1 aliphatic heterocycles. The van der Waals surface area contributed by atoms with Crippen LogP contribution in [0.1, 0.15) is 33.8 Å². The van der Waals surface area contributed by atoms with Gasteiger partial charge in [0.1, 0.15) is 14.8 Å². The van der Waals surface area contributed by atoms with Gasteiger partial charge in [0.2, 0.25) is 10.0 Å². The molecule has 0 saturated carbocycles. The second kappa shape index (κ2) is 8.29. The number of rotatable bonds is 6. The predicted octanol–water partition coefficient (Wildman–Crippen LogP) is 2.57. The van der Waals surface area contributed by atoms with Gasteiger partial charge in [-0.2, -0.15) is 0 Å². The largest absolute Gasteiger partial charge is 0.347 e. The zero-order valence-corrected chi connectivity index (χ0v) is 18.5. The highest BCUT2D eigenvalue weighted by Gasteiger charge is 2.26. The number of likely N-dealkylation sites (tertiary alicyclic amines) is 1. The summed E-state index contributed by atoms with van der Waals surface area (Å²) in [4.78, 5) is 23.9. The first-order valence-corrected chi connectivity index (χ1v) is 12.0. The molecule has 1 amide bonds. The van der Waals surface area contributed by atoms with E-state index < -0.39 is 10.0 Å². The van der Waals surface area contributed by atoms with Gasteiger partial charge >= 0.3 is 0 Å². The number of hydrogen-bond donors (Lipinski definition) is 1. The first kappa shape index (κ1) is 20.7. The molecule has 3 aromatic rings. The van der Waals surface area contributed by atoms with Gasteiger partial charge in [0.25, 0.3) is 5.91 Å². The molecule has 8 nitrogen and oxygen atoms in total. The molecule has 1 aliphatic rings. The summed E-state index contributed by atoms with van der Waals surface area (Å²) in [6.45, 7) is 3.53. The van der Waals surface area contributed by atoms with Gasteiger partial charge in [-0.1, -0.05) is 6.07 Å². The summed E-state index contributed by atoms with van der Waals surface area (Å²) >= 11 is 1.31. The number of aromatic nitrogens is 3. The molecule has 0 bridgehead atoms. The van der Waals surface area contributed by atoms with E-state index in [0.29, 0.717) is 21.3 Å². The van der Waals surface area contributed by atoms with Crippen molar-refractivity contribution in [3.63, 3.8) is 0 Å². The Labute approximate surface area is 179 Å². The van der Waals surface area contributed by atoms with Crippen LogP contribution in [0.4, 0.5) is 0 Å². The van der Waals surface area contributed by atoms with Crippen molar-refractivity contribution < 1.29 is 13.2 Å². The van der Waals surface area contributed by atoms with Crippen LogP contribution in [0.15, 0.2) is 41.7 Å². The van der Waals surface area contributed by atoms with Gasteiger partial charge in [-0.15, -0.1) is 11.3 Å². The summed E-state index contributed by atoms with van der Waals surface area (Å²) in [7, 11) is -1.93. The number of carbonyl (C=O) groups excluding carboxylic acids is 1. The van der Waals surface area contributed by atoms with Crippen molar-refractivity contribution in [3.8, 4) is 10.7 Å². The molecule has 3 aromatic heterocycles. The first-order chi connectivity index (χ1) is 14.3. The number of nitrogens with zero attached hydrogens (tertiary/aromatic N) is 4. The number of carbonyl (C=O) groups is 1. The molecule has 4 heterocycles. The van der Waals surface area contributed by atoms with Crippen LogP contribution in [-0.2, 0) is 23.6 Å². The fourth-order valence-corrected chi connectivity index (χ4v) is 5.61. The highest BCUT2D eigenvalue weighted by molar-refractivity contribution is 7.89. The molecular weight excluding hydrogens is 422 g/mol. The number of thiazole rings is 1. The Balaban J connectivity index is 1.56. The van der Waals surface area contributed by atoms with Crippen molar-refractivity contribution in [1.29, 1.82) is 0 Å². The third-order valence-electron chi connectivity index (χ3n) is 5.08. The van der Waals surface area contributed by atoms with Crippen molar-refractivity contribution in [3.05, 3.63) is 52.9 Å². The van der Waals surface area contributed by atoms with Crippen LogP contribution in [0.5, 0.6) is 0 Å². The number of hydrogen-bond acceptors (Lipinski definition) is 6. The quantitative estimate of drug-likeness (QED) is 0.629. The fourth-order valence-electron chi connectivity index (χ4n) is 3.43. The lowest BCUT2D eigenvalue weighted by Crippen LogP contribution is -2.27. The molecule has 0 radical (unpaired) electrons. The van der Waals surface area contributed by atoms with Crippen LogP contribution in [0.2, 0.25) is 0 Å². The number of sulfonamides is 1. The smallest absolute Gasteiger partial charge is 0.265 e. The molecule has 1 N–H and O–H groups in total. The van der Waals surface area contributed by atoms with Gasteiger partial charge in [0.05, 0.1) is 11.4 Å². The average Bonchev–Trinajstić information content (AvgIpc) is 3.47. The van der Waals surface area contributed by atoms with E-state index in [1.54, 1.807) is 42.3 Å². The van der Waals surface area contributed by atoms with Gasteiger partial charge in [0.15, 0.2) is 0 Å². The third-order valence-corrected chi connectivity index (χ3v) is 7.62. The van der Waals surface area contributed by atoms with Crippen LogP contribution < -0.4 is 4.72 Å². The molecule has 0 atom stereocenters. The Hall–Kier alpha value is -2.56. The molecule has 1 fully saturated rings. The second-order valence-electron chi connectivity index (χ2n) is 7.29. The maximum Gasteiger partial charge on any atom is 0.265 e. The monoisotopic (exact) mass is 445 g/mol. The second-order valence-corrected chi connectivity index (χ2v) is 10.1. The number of pyridine rings is 1. The Bertz CT molecular complexity index is 1160. The van der Waals surface area contributed by atoms with E-state index in [1.165, 1.54) is 11.3 Å². The van der Waals surface area contributed by atoms with Gasteiger partial charge in [0, 0.05) is 45.3 Å². The maximum absolute atomic E-state index is 12.8. The molecule has 10 heteroatoms. The fraction of sp³-hybridized carbons (Fsp3) is 0.350. The van der Waals surface area contributed by atoms with E-state index in [9.17, 15) is 13.2 Å². The predicted molar refractivity (Wildman–Crippen MR) is 115 cm³/mol. The minimum atomic E-state index is -3.70. The van der Waals surface area contributed by atoms with Crippen LogP contribution >= 0.6 is 11.3 Å². The van der Waals surface area contributed by atoms with Crippen molar-refractivity contribution >= 4 is 27.3 Å². The van der Waals surface area contributed by atoms with E-state index in [4.69, 9.17) is 0 Å². The minimum absolute atomic E-state index is 0.00828. The Morgan fingerprint density at radius 1 is 1.30 bits per heavy atom. The molecule has 0 unspecified atom stereocenters. The van der Waals surface area contributed by atoms with Gasteiger partial charge in [-0.3, -0.25) is 9.78 Å². The third kappa shape index (κ3) is 4.16. The first-order valence-electron chi connectivity index (χ1n) is 9.67. The zero-order chi connectivity index (χ0) is 21.3. The van der Waals surface area contributed by atoms with Crippen LogP contribution in [0.3, 0.4) is 0 Å². The van der Waals surface area contributed by atoms with Crippen molar-refractivity contribution in [2.45, 2.75) is 31.2 Å². The van der Waals surface area contributed by atoms with E-state index in [0.717, 1.165) is 31.5 Å². The average molecular weight is 446 g/mol. The molecule has 1 saturated heterocycles. The zero-order valence-electron chi connectivity index (χ0n) is 16.8. The molecule has 0 aromatic carbocycles. The van der Waals surface area contributed by atoms with E-state index >= 15 is 0 Å². The highest BCUT2D eigenvalue weighted by atomic mass is 32.2. The van der Waals surface area contributed by atoms with Gasteiger partial charge < -0.3 is 9.47 Å². The van der Waals surface area contributed by atoms with E-state index in [2.05, 4.69) is 14.7 Å². The van der Waals surface area contributed by atoms with Crippen molar-refractivity contribution in [2.24, 2.45) is 7.05 Å². The summed E-state index contributed by atoms with van der Waals surface area (Å²) in [6.07, 6.45) is 6.87. The molecule has 4 rings (SSSR count). The molecular formula is C20H23N5O3S2. The number of aryl methyl sites for hydroxylation is 2. The summed E-state index contributed by atoms with van der Waals surface area (Å²) in [5, 5.41) is 0.631. The minimum Gasteiger partial charge on any atom is -0.347 e. The summed E-state index contributed by atoms with van der Waals surface area (Å²) in [5.41, 5.74) is 2.11. The Morgan fingerprint density at radius 3 is 2.77 bits per heavy atom. The van der Waals surface area contributed by atoms with Crippen LogP contribution in [0, 0.1) is 6.92 Å². The molecule has 30 heavy (non-hydrogen) atoms. The van der Waals surface area contributed by atoms with Crippen LogP contribution in [-0.4, -0.2) is 46.8 Å². The number of amides is 1.